The molecule has 2 fully saturated rings. The average Bonchev–Trinajstić information content (AvgIpc) is 3.31. The highest BCUT2D eigenvalue weighted by Crippen LogP contribution is 2.29. The Balaban J connectivity index is 1.32. The number of piperidine rings is 1. The van der Waals surface area contributed by atoms with E-state index >= 15 is 0 Å². The van der Waals surface area contributed by atoms with Gasteiger partial charge in [-0.2, -0.15) is 4.98 Å². The third-order valence-corrected chi connectivity index (χ3v) is 6.25. The Labute approximate surface area is 166 Å². The first-order valence-corrected chi connectivity index (χ1v) is 10.4. The number of carbonyl (C=O) groups is 1. The lowest BCUT2D eigenvalue weighted by molar-refractivity contribution is -0.132. The second-order valence-electron chi connectivity index (χ2n) is 8.56. The van der Waals surface area contributed by atoms with E-state index in [-0.39, 0.29) is 5.91 Å². The molecule has 3 heterocycles. The largest absolute Gasteiger partial charge is 0.343 e. The average molecular weight is 383 g/mol. The third-order valence-electron chi connectivity index (χ3n) is 6.25. The Morgan fingerprint density at radius 3 is 2.54 bits per heavy atom. The quantitative estimate of drug-likeness (QED) is 0.827. The zero-order valence-corrected chi connectivity index (χ0v) is 17.0. The van der Waals surface area contributed by atoms with E-state index in [0.29, 0.717) is 48.6 Å². The minimum absolute atomic E-state index is 0.160. The molecule has 2 bridgehead atoms. The maximum absolute atomic E-state index is 12.6. The Morgan fingerprint density at radius 1 is 1.21 bits per heavy atom. The van der Waals surface area contributed by atoms with Crippen molar-refractivity contribution in [3.8, 4) is 11.4 Å². The van der Waals surface area contributed by atoms with Gasteiger partial charge in [0.25, 0.3) is 0 Å². The van der Waals surface area contributed by atoms with Crippen LogP contribution in [0.4, 0.5) is 0 Å². The molecule has 1 aromatic heterocycles. The van der Waals surface area contributed by atoms with E-state index in [4.69, 9.17) is 4.52 Å². The van der Waals surface area contributed by atoms with Crippen LogP contribution in [0.15, 0.2) is 28.8 Å². The molecule has 2 atom stereocenters. The number of aryl methyl sites for hydroxylation is 1. The number of nitrogens with zero attached hydrogens (tertiary/aromatic N) is 3. The van der Waals surface area contributed by atoms with Gasteiger partial charge in [-0.25, -0.2) is 0 Å². The molecule has 2 aliphatic rings. The first-order valence-electron chi connectivity index (χ1n) is 10.4. The molecule has 0 spiro atoms. The summed E-state index contributed by atoms with van der Waals surface area (Å²) in [6.45, 7) is 4.34. The molecule has 1 aromatic carbocycles. The number of nitrogens with one attached hydrogen (secondary N) is 1. The summed E-state index contributed by atoms with van der Waals surface area (Å²) >= 11 is 0. The maximum atomic E-state index is 12.6. The fourth-order valence-corrected chi connectivity index (χ4v) is 4.43. The van der Waals surface area contributed by atoms with Crippen molar-refractivity contribution in [2.75, 3.05) is 7.05 Å². The van der Waals surface area contributed by atoms with Crippen molar-refractivity contribution in [1.82, 2.24) is 20.4 Å². The van der Waals surface area contributed by atoms with Crippen molar-refractivity contribution in [1.29, 1.82) is 0 Å². The van der Waals surface area contributed by atoms with Crippen LogP contribution in [-0.2, 0) is 11.2 Å². The molecule has 4 rings (SSSR count). The highest BCUT2D eigenvalue weighted by molar-refractivity contribution is 5.76. The van der Waals surface area contributed by atoms with Gasteiger partial charge in [0.1, 0.15) is 0 Å². The Kier molecular flexibility index (Phi) is 5.49. The molecular weight excluding hydrogens is 352 g/mol. The summed E-state index contributed by atoms with van der Waals surface area (Å²) in [5.74, 6) is 1.76. The summed E-state index contributed by atoms with van der Waals surface area (Å²) in [5, 5.41) is 7.71. The predicted molar refractivity (Wildman–Crippen MR) is 108 cm³/mol. The minimum Gasteiger partial charge on any atom is -0.343 e. The topological polar surface area (TPSA) is 71.3 Å². The van der Waals surface area contributed by atoms with E-state index in [1.165, 1.54) is 18.4 Å². The van der Waals surface area contributed by atoms with E-state index in [2.05, 4.69) is 41.4 Å². The smallest absolute Gasteiger partial charge is 0.227 e. The molecule has 6 nitrogen and oxygen atoms in total. The minimum atomic E-state index is 0.160. The second kappa shape index (κ2) is 8.03. The zero-order valence-electron chi connectivity index (χ0n) is 17.0. The molecule has 2 saturated heterocycles. The molecular formula is C22H30N4O2. The van der Waals surface area contributed by atoms with Gasteiger partial charge in [0.05, 0.1) is 0 Å². The van der Waals surface area contributed by atoms with Gasteiger partial charge in [0.2, 0.25) is 17.6 Å². The lowest BCUT2D eigenvalue weighted by Gasteiger charge is -2.35. The molecule has 28 heavy (non-hydrogen) atoms. The van der Waals surface area contributed by atoms with Crippen molar-refractivity contribution in [2.24, 2.45) is 0 Å². The van der Waals surface area contributed by atoms with Crippen LogP contribution in [0, 0.1) is 0 Å². The van der Waals surface area contributed by atoms with E-state index in [9.17, 15) is 4.79 Å². The van der Waals surface area contributed by atoms with Crippen molar-refractivity contribution < 1.29 is 9.32 Å². The monoisotopic (exact) mass is 382 g/mol. The fraction of sp³-hybridized carbons (Fsp3) is 0.591. The lowest BCUT2D eigenvalue weighted by atomic mass is 9.98. The van der Waals surface area contributed by atoms with Gasteiger partial charge in [-0.15, -0.1) is 0 Å². The standard InChI is InChI=1S/C22H30N4O2/c1-14(2)15-4-6-16(7-5-15)22-24-20(28-25-22)10-11-21(27)26(3)19-12-17-8-9-18(13-19)23-17/h4-7,14,17-19,23H,8-13H2,1-3H3. The number of hydrogen-bond donors (Lipinski definition) is 1. The van der Waals surface area contributed by atoms with Crippen LogP contribution in [0.25, 0.3) is 11.4 Å². The number of benzene rings is 1. The van der Waals surface area contributed by atoms with Crippen molar-refractivity contribution in [3.05, 3.63) is 35.7 Å². The molecule has 0 saturated carbocycles. The molecule has 0 radical (unpaired) electrons. The van der Waals surface area contributed by atoms with Gasteiger partial charge < -0.3 is 14.7 Å². The molecule has 2 aromatic rings. The predicted octanol–water partition coefficient (Wildman–Crippen LogP) is 3.53. The molecule has 1 amide bonds. The SMILES string of the molecule is CC(C)c1ccc(-c2noc(CCC(=O)N(C)C3CC4CCC(C3)N4)n2)cc1. The van der Waals surface area contributed by atoms with Gasteiger partial charge in [-0.3, -0.25) is 4.79 Å². The van der Waals surface area contributed by atoms with Crippen LogP contribution in [0.2, 0.25) is 0 Å². The zero-order chi connectivity index (χ0) is 19.7. The van der Waals surface area contributed by atoms with Crippen molar-refractivity contribution in [3.63, 3.8) is 0 Å². The Hall–Kier alpha value is -2.21. The van der Waals surface area contributed by atoms with Gasteiger partial charge >= 0.3 is 0 Å². The summed E-state index contributed by atoms with van der Waals surface area (Å²) in [6, 6.07) is 9.76. The number of amides is 1. The van der Waals surface area contributed by atoms with Crippen LogP contribution in [0.1, 0.15) is 63.3 Å². The molecule has 150 valence electrons. The van der Waals surface area contributed by atoms with Crippen LogP contribution < -0.4 is 5.32 Å². The van der Waals surface area contributed by atoms with Crippen molar-refractivity contribution >= 4 is 5.91 Å². The van der Waals surface area contributed by atoms with E-state index in [1.54, 1.807) is 0 Å². The van der Waals surface area contributed by atoms with Crippen LogP contribution in [-0.4, -0.2) is 46.1 Å². The normalized spacial score (nSPS) is 23.9. The van der Waals surface area contributed by atoms with Crippen LogP contribution in [0.5, 0.6) is 0 Å². The van der Waals surface area contributed by atoms with Crippen LogP contribution >= 0.6 is 0 Å². The Bertz CT molecular complexity index is 802. The van der Waals surface area contributed by atoms with Gasteiger partial charge in [-0.05, 0) is 37.2 Å². The van der Waals surface area contributed by atoms with E-state index in [0.717, 1.165) is 18.4 Å². The summed E-state index contributed by atoms with van der Waals surface area (Å²) in [4.78, 5) is 19.1. The Morgan fingerprint density at radius 2 is 1.89 bits per heavy atom. The number of carbonyl (C=O) groups excluding carboxylic acids is 1. The first kappa shape index (κ1) is 19.1. The first-order chi connectivity index (χ1) is 13.5. The molecule has 0 aliphatic carbocycles. The number of hydrogen-bond acceptors (Lipinski definition) is 5. The molecule has 1 N–H and O–H groups in total. The highest BCUT2D eigenvalue weighted by atomic mass is 16.5. The lowest BCUT2D eigenvalue weighted by Crippen LogP contribution is -2.48. The number of aromatic nitrogens is 2. The van der Waals surface area contributed by atoms with Gasteiger partial charge in [-0.1, -0.05) is 43.3 Å². The third kappa shape index (κ3) is 4.12. The highest BCUT2D eigenvalue weighted by Gasteiger charge is 2.36. The van der Waals surface area contributed by atoms with Crippen molar-refractivity contribution in [2.45, 2.75) is 76.4 Å². The summed E-state index contributed by atoms with van der Waals surface area (Å²) in [6.07, 6.45) is 5.51. The van der Waals surface area contributed by atoms with Gasteiger partial charge in [0, 0.05) is 43.6 Å². The summed E-state index contributed by atoms with van der Waals surface area (Å²) in [7, 11) is 1.94. The number of fused-ring (bicyclic) bond motifs is 2. The van der Waals surface area contributed by atoms with E-state index < -0.39 is 0 Å². The molecule has 2 aliphatic heterocycles. The summed E-state index contributed by atoms with van der Waals surface area (Å²) < 4.78 is 5.37. The second-order valence-corrected chi connectivity index (χ2v) is 8.56. The summed E-state index contributed by atoms with van der Waals surface area (Å²) in [5.41, 5.74) is 2.22. The maximum Gasteiger partial charge on any atom is 0.227 e. The van der Waals surface area contributed by atoms with E-state index in [1.807, 2.05) is 24.1 Å². The van der Waals surface area contributed by atoms with Crippen LogP contribution in [0.3, 0.4) is 0 Å². The number of rotatable bonds is 6. The molecule has 2 unspecified atom stereocenters. The molecule has 6 heteroatoms. The fourth-order valence-electron chi connectivity index (χ4n) is 4.43. The van der Waals surface area contributed by atoms with Gasteiger partial charge in [0.15, 0.2) is 0 Å².